The van der Waals surface area contributed by atoms with Crippen molar-refractivity contribution >= 4 is 40.2 Å². The van der Waals surface area contributed by atoms with E-state index in [1.54, 1.807) is 0 Å². The Labute approximate surface area is 189 Å². The highest BCUT2D eigenvalue weighted by atomic mass is 35.5. The molecule has 4 aromatic rings. The summed E-state index contributed by atoms with van der Waals surface area (Å²) in [5.74, 6) is 0.224. The number of primary amides is 1. The Morgan fingerprint density at radius 3 is 2.77 bits per heavy atom. The van der Waals surface area contributed by atoms with Gasteiger partial charge in [-0.3, -0.25) is 9.20 Å². The van der Waals surface area contributed by atoms with E-state index >= 15 is 0 Å². The van der Waals surface area contributed by atoms with Gasteiger partial charge in [0.1, 0.15) is 17.5 Å². The number of hydrogen-bond donors (Lipinski definition) is 1. The van der Waals surface area contributed by atoms with Crippen molar-refractivity contribution in [3.63, 3.8) is 0 Å². The largest absolute Gasteiger partial charge is 0.485 e. The fraction of sp³-hybridized carbons (Fsp3) is 0.217. The first-order valence-corrected chi connectivity index (χ1v) is 11.0. The van der Waals surface area contributed by atoms with E-state index < -0.39 is 5.91 Å². The van der Waals surface area contributed by atoms with Gasteiger partial charge in [0.25, 0.3) is 0 Å². The zero-order chi connectivity index (χ0) is 22.1. The van der Waals surface area contributed by atoms with Gasteiger partial charge in [0.2, 0.25) is 5.91 Å². The lowest BCUT2D eigenvalue weighted by Gasteiger charge is -2.16. The summed E-state index contributed by atoms with van der Waals surface area (Å²) < 4.78 is 8.28. The minimum absolute atomic E-state index is 0.106. The second kappa shape index (κ2) is 8.61. The highest BCUT2D eigenvalue weighted by Gasteiger charge is 2.20. The molecule has 0 bridgehead atoms. The number of halogens is 1. The van der Waals surface area contributed by atoms with E-state index in [-0.39, 0.29) is 12.5 Å². The number of pyridine rings is 1. The topological polar surface area (TPSA) is 72.9 Å². The van der Waals surface area contributed by atoms with Crippen LogP contribution < -0.4 is 15.4 Å². The Morgan fingerprint density at radius 2 is 2.06 bits per heavy atom. The molecule has 0 unspecified atom stereocenters. The minimum atomic E-state index is -0.406. The van der Waals surface area contributed by atoms with Crippen LogP contribution in [0, 0.1) is 0 Å². The summed E-state index contributed by atoms with van der Waals surface area (Å²) in [4.78, 5) is 20.0. The molecule has 1 atom stereocenters. The number of benzene rings is 1. The van der Waals surface area contributed by atoms with E-state index in [0.29, 0.717) is 10.8 Å². The van der Waals surface area contributed by atoms with Gasteiger partial charge in [-0.1, -0.05) is 29.8 Å². The van der Waals surface area contributed by atoms with Gasteiger partial charge in [0, 0.05) is 36.9 Å². The van der Waals surface area contributed by atoms with Crippen LogP contribution in [0.3, 0.4) is 0 Å². The number of imidazole rings is 1. The van der Waals surface area contributed by atoms with E-state index in [9.17, 15) is 4.79 Å². The second-order valence-corrected chi connectivity index (χ2v) is 9.02. The fourth-order valence-electron chi connectivity index (χ4n) is 3.39. The van der Waals surface area contributed by atoms with Crippen molar-refractivity contribution in [3.8, 4) is 16.3 Å². The van der Waals surface area contributed by atoms with Crippen LogP contribution in [0.15, 0.2) is 54.9 Å². The lowest BCUT2D eigenvalue weighted by molar-refractivity contribution is -0.117. The molecule has 0 saturated carbocycles. The number of hydrogen-bond acceptors (Lipinski definition) is 5. The third kappa shape index (κ3) is 4.38. The normalized spacial score (nSPS) is 12.1. The summed E-state index contributed by atoms with van der Waals surface area (Å²) in [5, 5.41) is 0.639. The predicted molar refractivity (Wildman–Crippen MR) is 126 cm³/mol. The second-order valence-electron chi connectivity index (χ2n) is 7.48. The number of ether oxygens (including phenoxy) is 1. The molecule has 6 nitrogen and oxygen atoms in total. The quantitative estimate of drug-likeness (QED) is 0.428. The van der Waals surface area contributed by atoms with Crippen molar-refractivity contribution in [1.29, 1.82) is 0 Å². The Hall–Kier alpha value is -3.03. The molecule has 0 fully saturated rings. The molecular weight excluding hydrogens is 432 g/mol. The van der Waals surface area contributed by atoms with Crippen molar-refractivity contribution in [2.45, 2.75) is 19.4 Å². The number of fused-ring (bicyclic) bond motifs is 1. The molecule has 1 aromatic carbocycles. The molecule has 2 N–H and O–H groups in total. The predicted octanol–water partition coefficient (Wildman–Crippen LogP) is 4.95. The van der Waals surface area contributed by atoms with Gasteiger partial charge in [-0.25, -0.2) is 4.98 Å². The molecule has 1 amide bonds. The van der Waals surface area contributed by atoms with E-state index in [4.69, 9.17) is 22.1 Å². The van der Waals surface area contributed by atoms with Gasteiger partial charge in [0.15, 0.2) is 0 Å². The van der Waals surface area contributed by atoms with Crippen LogP contribution in [0.2, 0.25) is 5.02 Å². The van der Waals surface area contributed by atoms with Crippen molar-refractivity contribution < 1.29 is 9.53 Å². The number of carbonyl (C=O) groups is 1. The van der Waals surface area contributed by atoms with Crippen LogP contribution >= 0.6 is 22.9 Å². The lowest BCUT2D eigenvalue weighted by Crippen LogP contribution is -2.13. The van der Waals surface area contributed by atoms with Gasteiger partial charge in [0.05, 0.1) is 33.8 Å². The number of rotatable bonds is 7. The molecule has 8 heteroatoms. The molecule has 0 saturated heterocycles. The number of aromatic nitrogens is 2. The smallest absolute Gasteiger partial charge is 0.222 e. The van der Waals surface area contributed by atoms with Gasteiger partial charge < -0.3 is 15.4 Å². The molecule has 3 heterocycles. The maximum absolute atomic E-state index is 11.7. The third-order valence-electron chi connectivity index (χ3n) is 5.01. The molecule has 0 spiro atoms. The maximum Gasteiger partial charge on any atom is 0.222 e. The minimum Gasteiger partial charge on any atom is -0.485 e. The summed E-state index contributed by atoms with van der Waals surface area (Å²) in [7, 11) is 3.99. The summed E-state index contributed by atoms with van der Waals surface area (Å²) in [6.45, 7) is 1.93. The van der Waals surface area contributed by atoms with Crippen LogP contribution in [0.25, 0.3) is 16.2 Å². The van der Waals surface area contributed by atoms with Crippen LogP contribution in [-0.4, -0.2) is 29.4 Å². The number of nitrogens with zero attached hydrogens (tertiary/aromatic N) is 3. The van der Waals surface area contributed by atoms with E-state index in [0.717, 1.165) is 32.3 Å². The first kappa shape index (κ1) is 21.2. The van der Waals surface area contributed by atoms with Crippen LogP contribution in [0.4, 0.5) is 5.69 Å². The van der Waals surface area contributed by atoms with Crippen molar-refractivity contribution in [2.75, 3.05) is 19.0 Å². The van der Waals surface area contributed by atoms with Gasteiger partial charge in [-0.05, 0) is 25.1 Å². The molecule has 4 rings (SSSR count). The molecule has 0 aliphatic heterocycles. The summed E-state index contributed by atoms with van der Waals surface area (Å²) in [6, 6.07) is 13.5. The molecule has 0 radical (unpaired) electrons. The maximum atomic E-state index is 11.7. The highest BCUT2D eigenvalue weighted by molar-refractivity contribution is 7.15. The Kier molecular flexibility index (Phi) is 5.89. The molecule has 31 heavy (non-hydrogen) atoms. The number of amides is 1. The van der Waals surface area contributed by atoms with Crippen molar-refractivity contribution in [3.05, 3.63) is 70.3 Å². The highest BCUT2D eigenvalue weighted by Crippen LogP contribution is 2.39. The molecule has 160 valence electrons. The fourth-order valence-corrected chi connectivity index (χ4v) is 4.79. The van der Waals surface area contributed by atoms with Crippen molar-refractivity contribution in [1.82, 2.24) is 9.38 Å². The first-order valence-electron chi connectivity index (χ1n) is 9.80. The van der Waals surface area contributed by atoms with Crippen LogP contribution in [-0.2, 0) is 11.2 Å². The standard InChI is InChI=1S/C23H23ClN4O2S/c1-14(16-6-4-5-7-17(16)24)30-19-10-20(31-21(19)11-22(25)29)18-12-26-23-9-8-15(27(2)3)13-28(18)23/h4-10,12-14H,11H2,1-3H3,(H2,25,29)/t14-/m1/s1. The zero-order valence-electron chi connectivity index (χ0n) is 17.5. The Bertz CT molecular complexity index is 1250. The number of anilines is 1. The average molecular weight is 455 g/mol. The Morgan fingerprint density at radius 1 is 1.29 bits per heavy atom. The average Bonchev–Trinajstić information content (AvgIpc) is 3.31. The van der Waals surface area contributed by atoms with E-state index in [1.807, 2.05) is 85.2 Å². The summed E-state index contributed by atoms with van der Waals surface area (Å²) in [6.07, 6.45) is 3.69. The van der Waals surface area contributed by atoms with Gasteiger partial charge in [-0.15, -0.1) is 11.3 Å². The molecule has 0 aliphatic carbocycles. The van der Waals surface area contributed by atoms with Gasteiger partial charge >= 0.3 is 0 Å². The van der Waals surface area contributed by atoms with Crippen LogP contribution in [0.1, 0.15) is 23.5 Å². The monoisotopic (exact) mass is 454 g/mol. The lowest BCUT2D eigenvalue weighted by atomic mass is 10.1. The third-order valence-corrected chi connectivity index (χ3v) is 6.49. The van der Waals surface area contributed by atoms with E-state index in [2.05, 4.69) is 4.98 Å². The SMILES string of the molecule is C[C@@H](Oc1cc(-c2cnc3ccc(N(C)C)cn23)sc1CC(N)=O)c1ccccc1Cl. The number of thiophene rings is 1. The summed E-state index contributed by atoms with van der Waals surface area (Å²) >= 11 is 7.82. The molecule has 3 aromatic heterocycles. The van der Waals surface area contributed by atoms with Crippen molar-refractivity contribution in [2.24, 2.45) is 5.73 Å². The Balaban J connectivity index is 1.74. The summed E-state index contributed by atoms with van der Waals surface area (Å²) in [5.41, 5.74) is 9.21. The molecule has 0 aliphatic rings. The van der Waals surface area contributed by atoms with E-state index in [1.165, 1.54) is 11.3 Å². The number of nitrogens with two attached hydrogens (primary N) is 1. The van der Waals surface area contributed by atoms with Gasteiger partial charge in [-0.2, -0.15) is 0 Å². The first-order chi connectivity index (χ1) is 14.8. The number of carbonyl (C=O) groups excluding carboxylic acids is 1. The zero-order valence-corrected chi connectivity index (χ0v) is 19.1. The van der Waals surface area contributed by atoms with Crippen LogP contribution in [0.5, 0.6) is 5.75 Å². The molecular formula is C23H23ClN4O2S.